The second-order valence-electron chi connectivity index (χ2n) is 6.64. The van der Waals surface area contributed by atoms with Crippen LogP contribution in [0.4, 0.5) is 15.0 Å². The van der Waals surface area contributed by atoms with E-state index < -0.39 is 11.7 Å². The highest BCUT2D eigenvalue weighted by Crippen LogP contribution is 2.22. The van der Waals surface area contributed by atoms with Crippen molar-refractivity contribution in [1.29, 1.82) is 0 Å². The molecule has 0 saturated heterocycles. The molecule has 9 heteroatoms. The van der Waals surface area contributed by atoms with Crippen LogP contribution in [0.15, 0.2) is 35.4 Å². The minimum atomic E-state index is -0.665. The molecule has 0 unspecified atom stereocenters. The molecule has 1 aromatic carbocycles. The number of carbonyl (C=O) groups excluding carboxylic acids is 1. The predicted octanol–water partition coefficient (Wildman–Crippen LogP) is 3.39. The Bertz CT molecular complexity index is 1010. The summed E-state index contributed by atoms with van der Waals surface area (Å²) in [5.74, 6) is -0.153. The number of benzene rings is 1. The van der Waals surface area contributed by atoms with Crippen molar-refractivity contribution >= 4 is 33.7 Å². The zero-order valence-electron chi connectivity index (χ0n) is 14.4. The summed E-state index contributed by atoms with van der Waals surface area (Å²) in [5.41, 5.74) is 0.145. The van der Waals surface area contributed by atoms with Crippen molar-refractivity contribution in [2.45, 2.75) is 32.9 Å². The molecule has 3 rings (SSSR count). The molecule has 26 heavy (non-hydrogen) atoms. The Morgan fingerprint density at radius 3 is 2.65 bits per heavy atom. The summed E-state index contributed by atoms with van der Waals surface area (Å²) in [4.78, 5) is 28.7. The number of rotatable bonds is 3. The van der Waals surface area contributed by atoms with E-state index in [1.165, 1.54) is 23.0 Å². The number of hydrogen-bond donors (Lipinski definition) is 1. The third-order valence-corrected chi connectivity index (χ3v) is 4.16. The Labute approximate surface area is 152 Å². The van der Waals surface area contributed by atoms with Gasteiger partial charge in [0.1, 0.15) is 21.6 Å². The molecule has 1 amide bonds. The molecule has 3 aromatic rings. The number of hydrogen-bond acceptors (Lipinski definition) is 6. The zero-order chi connectivity index (χ0) is 18.9. The molecule has 0 saturated carbocycles. The molecular formula is C17H17FN4O3S. The first-order chi connectivity index (χ1) is 12.2. The minimum Gasteiger partial charge on any atom is -0.444 e. The number of carbonyl (C=O) groups is 1. The zero-order valence-corrected chi connectivity index (χ0v) is 15.3. The van der Waals surface area contributed by atoms with E-state index in [1.54, 1.807) is 32.9 Å². The van der Waals surface area contributed by atoms with Crippen molar-refractivity contribution in [3.8, 4) is 0 Å². The topological polar surface area (TPSA) is 86.1 Å². The molecule has 1 N–H and O–H groups in total. The molecule has 2 aromatic heterocycles. The second kappa shape index (κ2) is 6.83. The quantitative estimate of drug-likeness (QED) is 0.757. The van der Waals surface area contributed by atoms with Crippen LogP contribution in [0.3, 0.4) is 0 Å². The molecule has 0 atom stereocenters. The number of fused-ring (bicyclic) bond motifs is 1. The summed E-state index contributed by atoms with van der Waals surface area (Å²) >= 11 is 0.952. The smallest absolute Gasteiger partial charge is 0.413 e. The molecule has 0 spiro atoms. The second-order valence-corrected chi connectivity index (χ2v) is 7.41. The van der Waals surface area contributed by atoms with E-state index in [1.807, 2.05) is 0 Å². The van der Waals surface area contributed by atoms with Gasteiger partial charge in [-0.1, -0.05) is 12.1 Å². The molecule has 7 nitrogen and oxygen atoms in total. The summed E-state index contributed by atoms with van der Waals surface area (Å²) in [6, 6.07) is 5.88. The van der Waals surface area contributed by atoms with Gasteiger partial charge in [-0.15, -0.1) is 0 Å². The van der Waals surface area contributed by atoms with Gasteiger partial charge in [-0.3, -0.25) is 14.7 Å². The molecule has 0 aliphatic rings. The van der Waals surface area contributed by atoms with Crippen LogP contribution in [0.1, 0.15) is 26.3 Å². The van der Waals surface area contributed by atoms with Gasteiger partial charge in [0.25, 0.3) is 5.56 Å². The van der Waals surface area contributed by atoms with Crippen LogP contribution >= 0.6 is 11.5 Å². The number of nitrogens with zero attached hydrogens (tertiary/aromatic N) is 3. The Morgan fingerprint density at radius 2 is 2.00 bits per heavy atom. The van der Waals surface area contributed by atoms with Gasteiger partial charge in [0, 0.05) is 0 Å². The molecular weight excluding hydrogens is 359 g/mol. The molecule has 0 radical (unpaired) electrons. The summed E-state index contributed by atoms with van der Waals surface area (Å²) in [6.07, 6.45) is 0.713. The first-order valence-corrected chi connectivity index (χ1v) is 8.59. The maximum absolute atomic E-state index is 13.0. The van der Waals surface area contributed by atoms with Crippen LogP contribution in [0.2, 0.25) is 0 Å². The molecule has 0 aliphatic carbocycles. The highest BCUT2D eigenvalue weighted by atomic mass is 32.1. The van der Waals surface area contributed by atoms with Crippen molar-refractivity contribution in [1.82, 2.24) is 13.9 Å². The average Bonchev–Trinajstić information content (AvgIpc) is 2.94. The molecule has 0 aliphatic heterocycles. The molecule has 136 valence electrons. The molecule has 2 heterocycles. The van der Waals surface area contributed by atoms with Gasteiger partial charge >= 0.3 is 6.09 Å². The lowest BCUT2D eigenvalue weighted by Gasteiger charge is -2.19. The van der Waals surface area contributed by atoms with E-state index in [9.17, 15) is 14.0 Å². The van der Waals surface area contributed by atoms with Crippen LogP contribution in [0.25, 0.3) is 10.2 Å². The fourth-order valence-corrected chi connectivity index (χ4v) is 2.98. The normalized spacial score (nSPS) is 11.5. The van der Waals surface area contributed by atoms with E-state index in [4.69, 9.17) is 4.74 Å². The number of amides is 1. The SMILES string of the molecule is CC(C)(C)OC(=O)Nc1nsc2c(=O)n(Cc3ccc(F)cc3)cnc12. The van der Waals surface area contributed by atoms with Crippen molar-refractivity contribution < 1.29 is 13.9 Å². The van der Waals surface area contributed by atoms with Crippen LogP contribution < -0.4 is 10.9 Å². The minimum absolute atomic E-state index is 0.185. The van der Waals surface area contributed by atoms with E-state index in [0.717, 1.165) is 17.1 Å². The summed E-state index contributed by atoms with van der Waals surface area (Å²) < 4.78 is 24.0. The van der Waals surface area contributed by atoms with Gasteiger partial charge in [0.15, 0.2) is 5.82 Å². The Kier molecular flexibility index (Phi) is 4.73. The number of ether oxygens (including phenoxy) is 1. The van der Waals surface area contributed by atoms with Crippen molar-refractivity contribution in [3.63, 3.8) is 0 Å². The van der Waals surface area contributed by atoms with Gasteiger partial charge in [-0.2, -0.15) is 4.37 Å². The third-order valence-electron chi connectivity index (χ3n) is 3.33. The van der Waals surface area contributed by atoms with Crippen molar-refractivity contribution in [2.24, 2.45) is 0 Å². The third kappa shape index (κ3) is 4.05. The van der Waals surface area contributed by atoms with Crippen molar-refractivity contribution in [2.75, 3.05) is 5.32 Å². The van der Waals surface area contributed by atoms with E-state index in [0.29, 0.717) is 10.2 Å². The fraction of sp³-hybridized carbons (Fsp3) is 0.294. The van der Waals surface area contributed by atoms with E-state index in [-0.39, 0.29) is 23.7 Å². The Balaban J connectivity index is 1.85. The highest BCUT2D eigenvalue weighted by Gasteiger charge is 2.20. The van der Waals surface area contributed by atoms with Gasteiger partial charge in [-0.25, -0.2) is 14.2 Å². The predicted molar refractivity (Wildman–Crippen MR) is 97.0 cm³/mol. The summed E-state index contributed by atoms with van der Waals surface area (Å²) in [6.45, 7) is 5.50. The average molecular weight is 376 g/mol. The maximum Gasteiger partial charge on any atom is 0.413 e. The highest BCUT2D eigenvalue weighted by molar-refractivity contribution is 7.13. The van der Waals surface area contributed by atoms with Gasteiger partial charge < -0.3 is 4.74 Å². The maximum atomic E-state index is 13.0. The summed E-state index contributed by atoms with van der Waals surface area (Å²) in [7, 11) is 0. The van der Waals surface area contributed by atoms with Crippen molar-refractivity contribution in [3.05, 3.63) is 52.3 Å². The standard InChI is InChI=1S/C17H17FN4O3S/c1-17(2,3)25-16(24)20-14-12-13(26-21-14)15(23)22(9-19-12)8-10-4-6-11(18)7-5-10/h4-7,9H,8H2,1-3H3,(H,20,21,24). The lowest BCUT2D eigenvalue weighted by Crippen LogP contribution is -2.27. The van der Waals surface area contributed by atoms with E-state index in [2.05, 4.69) is 14.7 Å². The van der Waals surface area contributed by atoms with Crippen LogP contribution in [-0.2, 0) is 11.3 Å². The molecule has 0 fully saturated rings. The number of anilines is 1. The number of aromatic nitrogens is 3. The van der Waals surface area contributed by atoms with Gasteiger partial charge in [0.2, 0.25) is 0 Å². The van der Waals surface area contributed by atoms with Crippen LogP contribution in [-0.4, -0.2) is 25.6 Å². The lowest BCUT2D eigenvalue weighted by atomic mass is 10.2. The fourth-order valence-electron chi connectivity index (χ4n) is 2.24. The number of halogens is 1. The van der Waals surface area contributed by atoms with E-state index >= 15 is 0 Å². The van der Waals surface area contributed by atoms with Crippen LogP contribution in [0.5, 0.6) is 0 Å². The van der Waals surface area contributed by atoms with Crippen LogP contribution in [0, 0.1) is 5.82 Å². The summed E-state index contributed by atoms with van der Waals surface area (Å²) in [5, 5.41) is 2.51. The molecule has 0 bridgehead atoms. The monoisotopic (exact) mass is 376 g/mol. The van der Waals surface area contributed by atoms with Gasteiger partial charge in [0.05, 0.1) is 12.9 Å². The first-order valence-electron chi connectivity index (χ1n) is 7.82. The van der Waals surface area contributed by atoms with Gasteiger partial charge in [-0.05, 0) is 50.0 Å². The lowest BCUT2D eigenvalue weighted by molar-refractivity contribution is 0.0635. The first kappa shape index (κ1) is 18.0. The largest absolute Gasteiger partial charge is 0.444 e. The number of nitrogens with one attached hydrogen (secondary N) is 1. The Morgan fingerprint density at radius 1 is 1.31 bits per heavy atom. The Hall–Kier alpha value is -2.81.